The number of carboxylic acid groups (broad SMARTS) is 1. The van der Waals surface area contributed by atoms with Crippen LogP contribution < -0.4 is 10.9 Å². The normalized spacial score (nSPS) is 19.3. The number of amides is 1. The van der Waals surface area contributed by atoms with E-state index < -0.39 is 23.3 Å². The van der Waals surface area contributed by atoms with Crippen molar-refractivity contribution in [3.63, 3.8) is 0 Å². The Kier molecular flexibility index (Phi) is 3.05. The minimum Gasteiger partial charge on any atom is -0.508 e. The molecule has 96 valence electrons. The Balaban J connectivity index is 2.58. The molecule has 1 amide bonds. The maximum atomic E-state index is 11.8. The monoisotopic (exact) mass is 252 g/mol. The lowest BCUT2D eigenvalue weighted by molar-refractivity contribution is -0.125. The summed E-state index contributed by atoms with van der Waals surface area (Å²) in [4.78, 5) is 34.5. The van der Waals surface area contributed by atoms with Crippen LogP contribution in [-0.2, 0) is 4.79 Å². The second-order valence-electron chi connectivity index (χ2n) is 4.06. The quantitative estimate of drug-likeness (QED) is 0.669. The molecule has 1 aromatic rings. The van der Waals surface area contributed by atoms with Crippen LogP contribution in [-0.4, -0.2) is 33.2 Å². The van der Waals surface area contributed by atoms with Gasteiger partial charge in [0.2, 0.25) is 5.91 Å². The number of rotatable bonds is 2. The molecule has 0 radical (unpaired) electrons. The second-order valence-corrected chi connectivity index (χ2v) is 4.06. The number of aromatic carboxylic acids is 1. The van der Waals surface area contributed by atoms with Crippen LogP contribution in [0.5, 0.6) is 5.75 Å². The van der Waals surface area contributed by atoms with Crippen molar-refractivity contribution in [2.24, 2.45) is 0 Å². The number of carbonyl (C=O) groups excluding carboxylic acids is 1. The molecule has 1 aliphatic heterocycles. The van der Waals surface area contributed by atoms with Crippen LogP contribution in [0.15, 0.2) is 16.9 Å². The predicted molar refractivity (Wildman–Crippen MR) is 60.6 cm³/mol. The van der Waals surface area contributed by atoms with Crippen LogP contribution in [0.3, 0.4) is 0 Å². The van der Waals surface area contributed by atoms with Crippen molar-refractivity contribution in [1.29, 1.82) is 0 Å². The number of nitrogens with zero attached hydrogens (tertiary/aromatic N) is 1. The maximum Gasteiger partial charge on any atom is 0.352 e. The van der Waals surface area contributed by atoms with Gasteiger partial charge in [-0.2, -0.15) is 0 Å². The molecule has 1 unspecified atom stereocenters. The zero-order valence-electron chi connectivity index (χ0n) is 9.42. The highest BCUT2D eigenvalue weighted by atomic mass is 16.4. The Labute approximate surface area is 102 Å². The fourth-order valence-electron chi connectivity index (χ4n) is 2.05. The minimum absolute atomic E-state index is 0.378. The number of nitrogens with one attached hydrogen (secondary N) is 1. The molecule has 0 bridgehead atoms. The molecule has 7 nitrogen and oxygen atoms in total. The Morgan fingerprint density at radius 1 is 1.39 bits per heavy atom. The van der Waals surface area contributed by atoms with Crippen molar-refractivity contribution < 1.29 is 19.8 Å². The minimum atomic E-state index is -1.36. The lowest BCUT2D eigenvalue weighted by atomic mass is 10.1. The van der Waals surface area contributed by atoms with Crippen molar-refractivity contribution in [2.45, 2.75) is 18.9 Å². The zero-order valence-corrected chi connectivity index (χ0v) is 9.42. The maximum absolute atomic E-state index is 11.8. The second kappa shape index (κ2) is 4.52. The number of hydrogen-bond donors (Lipinski definition) is 3. The van der Waals surface area contributed by atoms with Gasteiger partial charge < -0.3 is 15.5 Å². The summed E-state index contributed by atoms with van der Waals surface area (Å²) < 4.78 is 0.913. The van der Waals surface area contributed by atoms with E-state index in [1.165, 1.54) is 0 Å². The van der Waals surface area contributed by atoms with Gasteiger partial charge in [0.05, 0.1) is 0 Å². The lowest BCUT2D eigenvalue weighted by Gasteiger charge is -2.25. The van der Waals surface area contributed by atoms with Crippen molar-refractivity contribution >= 4 is 11.9 Å². The average molecular weight is 252 g/mol. The third-order valence-corrected chi connectivity index (χ3v) is 2.84. The third-order valence-electron chi connectivity index (χ3n) is 2.84. The molecule has 0 aromatic carbocycles. The number of carboxylic acids is 1. The van der Waals surface area contributed by atoms with Crippen LogP contribution in [0.4, 0.5) is 0 Å². The first-order chi connectivity index (χ1) is 8.50. The molecule has 1 fully saturated rings. The van der Waals surface area contributed by atoms with Crippen LogP contribution in [0.2, 0.25) is 0 Å². The van der Waals surface area contributed by atoms with Crippen molar-refractivity contribution in [1.82, 2.24) is 9.88 Å². The molecule has 1 aromatic heterocycles. The zero-order chi connectivity index (χ0) is 13.3. The summed E-state index contributed by atoms with van der Waals surface area (Å²) in [7, 11) is 0. The first-order valence-corrected chi connectivity index (χ1v) is 5.47. The van der Waals surface area contributed by atoms with Gasteiger partial charge in [-0.25, -0.2) is 4.79 Å². The van der Waals surface area contributed by atoms with E-state index in [1.807, 2.05) is 0 Å². The van der Waals surface area contributed by atoms with Crippen LogP contribution >= 0.6 is 0 Å². The lowest BCUT2D eigenvalue weighted by Crippen LogP contribution is -2.42. The van der Waals surface area contributed by atoms with E-state index in [-0.39, 0.29) is 11.6 Å². The first kappa shape index (κ1) is 12.2. The Morgan fingerprint density at radius 3 is 2.72 bits per heavy atom. The molecule has 3 N–H and O–H groups in total. The Hall–Kier alpha value is -2.31. The summed E-state index contributed by atoms with van der Waals surface area (Å²) in [5, 5.41) is 20.9. The van der Waals surface area contributed by atoms with Crippen LogP contribution in [0, 0.1) is 0 Å². The summed E-state index contributed by atoms with van der Waals surface area (Å²) >= 11 is 0. The van der Waals surface area contributed by atoms with E-state index in [0.717, 1.165) is 16.7 Å². The number of piperidine rings is 1. The Morgan fingerprint density at radius 2 is 2.11 bits per heavy atom. The molecule has 2 rings (SSSR count). The van der Waals surface area contributed by atoms with E-state index in [2.05, 4.69) is 5.32 Å². The summed E-state index contributed by atoms with van der Waals surface area (Å²) in [5.74, 6) is -2.16. The molecule has 0 aliphatic carbocycles. The number of pyridine rings is 1. The largest absolute Gasteiger partial charge is 0.508 e. The van der Waals surface area contributed by atoms with Gasteiger partial charge in [-0.05, 0) is 12.8 Å². The summed E-state index contributed by atoms with van der Waals surface area (Å²) in [5.41, 5.74) is -1.09. The van der Waals surface area contributed by atoms with E-state index in [1.54, 1.807) is 0 Å². The number of hydrogen-bond acceptors (Lipinski definition) is 4. The van der Waals surface area contributed by atoms with E-state index in [0.29, 0.717) is 19.4 Å². The summed E-state index contributed by atoms with van der Waals surface area (Å²) in [6.07, 6.45) is 1.07. The van der Waals surface area contributed by atoms with Crippen LogP contribution in [0.25, 0.3) is 0 Å². The molecule has 2 heterocycles. The van der Waals surface area contributed by atoms with Gasteiger partial charge in [0.15, 0.2) is 0 Å². The number of aromatic nitrogens is 1. The third kappa shape index (κ3) is 2.06. The number of aromatic hydroxyl groups is 1. The van der Waals surface area contributed by atoms with E-state index in [4.69, 9.17) is 5.11 Å². The summed E-state index contributed by atoms with van der Waals surface area (Å²) in [6.45, 7) is 0.518. The van der Waals surface area contributed by atoms with Gasteiger partial charge in [0.1, 0.15) is 17.5 Å². The molecule has 7 heteroatoms. The predicted octanol–water partition coefficient (Wildman–Crippen LogP) is -0.297. The van der Waals surface area contributed by atoms with E-state index in [9.17, 15) is 19.5 Å². The van der Waals surface area contributed by atoms with Gasteiger partial charge in [-0.3, -0.25) is 14.2 Å². The fourth-order valence-corrected chi connectivity index (χ4v) is 2.05. The van der Waals surface area contributed by atoms with Gasteiger partial charge >= 0.3 is 5.97 Å². The standard InChI is InChI=1S/C11H12N2O5/c14-6-4-8(11(17)18)13(9(15)5-6)7-2-1-3-12-10(7)16/h4-5,7,14H,1-3H2,(H,12,16)(H,17,18). The van der Waals surface area contributed by atoms with Gasteiger partial charge in [0.25, 0.3) is 5.56 Å². The van der Waals surface area contributed by atoms with Crippen LogP contribution in [0.1, 0.15) is 29.4 Å². The topological polar surface area (TPSA) is 109 Å². The molecule has 1 saturated heterocycles. The molecular weight excluding hydrogens is 240 g/mol. The van der Waals surface area contributed by atoms with E-state index >= 15 is 0 Å². The van der Waals surface area contributed by atoms with Crippen molar-refractivity contribution in [3.05, 3.63) is 28.2 Å². The SMILES string of the molecule is O=C(O)c1cc(O)cc(=O)n1C1CCCNC1=O. The molecule has 0 spiro atoms. The highest BCUT2D eigenvalue weighted by molar-refractivity contribution is 5.88. The highest BCUT2D eigenvalue weighted by Gasteiger charge is 2.28. The molecular formula is C11H12N2O5. The molecule has 1 atom stereocenters. The van der Waals surface area contributed by atoms with Crippen molar-refractivity contribution in [3.8, 4) is 5.75 Å². The summed E-state index contributed by atoms with van der Waals surface area (Å²) in [6, 6.07) is 1.03. The Bertz CT molecular complexity index is 563. The first-order valence-electron chi connectivity index (χ1n) is 5.47. The molecule has 1 aliphatic rings. The van der Waals surface area contributed by atoms with Crippen molar-refractivity contribution in [2.75, 3.05) is 6.54 Å². The van der Waals surface area contributed by atoms with Gasteiger partial charge in [-0.1, -0.05) is 0 Å². The molecule has 0 saturated carbocycles. The average Bonchev–Trinajstić information content (AvgIpc) is 2.29. The van der Waals surface area contributed by atoms with Gasteiger partial charge in [-0.15, -0.1) is 0 Å². The molecule has 18 heavy (non-hydrogen) atoms. The van der Waals surface area contributed by atoms with Gasteiger partial charge in [0, 0.05) is 18.7 Å². The smallest absolute Gasteiger partial charge is 0.352 e. The highest BCUT2D eigenvalue weighted by Crippen LogP contribution is 2.20. The fraction of sp³-hybridized carbons (Fsp3) is 0.364. The number of carbonyl (C=O) groups is 2.